The monoisotopic (exact) mass is 548 g/mol. The smallest absolute Gasteiger partial charge is 0.284 e. The van der Waals surface area contributed by atoms with Gasteiger partial charge >= 0.3 is 0 Å². The molecule has 0 aliphatic carbocycles. The van der Waals surface area contributed by atoms with Gasteiger partial charge in [-0.3, -0.25) is 0 Å². The predicted molar refractivity (Wildman–Crippen MR) is 156 cm³/mol. The number of ether oxygens (including phenoxy) is 6. The fourth-order valence-corrected chi connectivity index (χ4v) is 4.71. The molecule has 0 aromatic heterocycles. The number of hydrogen-bond acceptors (Lipinski definition) is 8. The van der Waals surface area contributed by atoms with Crippen LogP contribution >= 0.6 is 0 Å². The van der Waals surface area contributed by atoms with Gasteiger partial charge in [0.1, 0.15) is 0 Å². The van der Waals surface area contributed by atoms with Crippen LogP contribution in [-0.2, 0) is 28.4 Å². The van der Waals surface area contributed by atoms with E-state index in [0.717, 1.165) is 39.0 Å². The molecule has 0 aliphatic heterocycles. The highest BCUT2D eigenvalue weighted by Crippen LogP contribution is 2.22. The van der Waals surface area contributed by atoms with Gasteiger partial charge in [0.05, 0.1) is 0 Å². The molecule has 0 saturated heterocycles. The standard InChI is InChI=1S/C30H64N2O6/c1-9-33-29(34-10-2,35-11-3)23-27-31(7)25-21-19-17-15-16-18-20-22-26-32(8)28-24-30(36-12-4,37-13-5)38-14-6/h9-28H2,1-8H3. The number of nitrogens with zero attached hydrogens (tertiary/aromatic N) is 2. The maximum absolute atomic E-state index is 5.83. The molecular formula is C30H64N2O6. The normalized spacial score (nSPS) is 12.8. The van der Waals surface area contributed by atoms with Gasteiger partial charge in [-0.1, -0.05) is 38.5 Å². The van der Waals surface area contributed by atoms with Crippen molar-refractivity contribution < 1.29 is 28.4 Å². The van der Waals surface area contributed by atoms with Crippen LogP contribution in [0.4, 0.5) is 0 Å². The molecule has 0 aromatic rings. The van der Waals surface area contributed by atoms with Gasteiger partial charge in [-0.15, -0.1) is 0 Å². The molecule has 0 N–H and O–H groups in total. The summed E-state index contributed by atoms with van der Waals surface area (Å²) >= 11 is 0. The molecule has 0 rings (SSSR count). The molecule has 0 saturated carbocycles. The van der Waals surface area contributed by atoms with E-state index in [1.54, 1.807) is 0 Å². The van der Waals surface area contributed by atoms with E-state index in [-0.39, 0.29) is 0 Å². The number of hydrogen-bond donors (Lipinski definition) is 0. The molecule has 0 heterocycles. The van der Waals surface area contributed by atoms with Gasteiger partial charge in [0.15, 0.2) is 0 Å². The van der Waals surface area contributed by atoms with Crippen LogP contribution in [0, 0.1) is 0 Å². The van der Waals surface area contributed by atoms with Crippen LogP contribution in [0.3, 0.4) is 0 Å². The van der Waals surface area contributed by atoms with Crippen LogP contribution < -0.4 is 0 Å². The summed E-state index contributed by atoms with van der Waals surface area (Å²) in [6.07, 6.45) is 11.8. The number of rotatable bonds is 29. The van der Waals surface area contributed by atoms with Crippen LogP contribution in [0.1, 0.15) is 106 Å². The third kappa shape index (κ3) is 18.1. The average Bonchev–Trinajstić information content (AvgIpc) is 2.88. The molecule has 0 aliphatic rings. The van der Waals surface area contributed by atoms with E-state index >= 15 is 0 Å². The van der Waals surface area contributed by atoms with Gasteiger partial charge in [-0.25, -0.2) is 0 Å². The van der Waals surface area contributed by atoms with Crippen molar-refractivity contribution in [3.63, 3.8) is 0 Å². The van der Waals surface area contributed by atoms with Crippen molar-refractivity contribution in [2.75, 3.05) is 79.9 Å². The Morgan fingerprint density at radius 2 is 0.605 bits per heavy atom. The second kappa shape index (κ2) is 24.5. The minimum atomic E-state index is -0.900. The summed E-state index contributed by atoms with van der Waals surface area (Å²) in [7, 11) is 4.35. The van der Waals surface area contributed by atoms with E-state index in [1.165, 1.54) is 51.4 Å². The van der Waals surface area contributed by atoms with Crippen LogP contribution in [-0.4, -0.2) is 102 Å². The molecule has 0 bridgehead atoms. The Balaban J connectivity index is 3.91. The minimum Gasteiger partial charge on any atom is -0.328 e. The van der Waals surface area contributed by atoms with Gasteiger partial charge in [0, 0.05) is 65.6 Å². The van der Waals surface area contributed by atoms with E-state index in [2.05, 4.69) is 23.9 Å². The Morgan fingerprint density at radius 3 is 0.842 bits per heavy atom. The molecular weight excluding hydrogens is 484 g/mol. The molecule has 0 aromatic carbocycles. The third-order valence-electron chi connectivity index (χ3n) is 6.61. The van der Waals surface area contributed by atoms with Gasteiger partial charge < -0.3 is 38.2 Å². The molecule has 8 heteroatoms. The quantitative estimate of drug-likeness (QED) is 0.0800. The van der Waals surface area contributed by atoms with Crippen LogP contribution in [0.2, 0.25) is 0 Å². The van der Waals surface area contributed by atoms with Crippen molar-refractivity contribution in [2.45, 2.75) is 118 Å². The summed E-state index contributed by atoms with van der Waals surface area (Å²) in [5.41, 5.74) is 0. The Kier molecular flexibility index (Phi) is 24.3. The van der Waals surface area contributed by atoms with E-state index in [1.807, 2.05) is 41.5 Å². The molecule has 230 valence electrons. The lowest BCUT2D eigenvalue weighted by Gasteiger charge is -2.33. The van der Waals surface area contributed by atoms with Crippen molar-refractivity contribution in [3.05, 3.63) is 0 Å². The summed E-state index contributed by atoms with van der Waals surface area (Å²) in [5, 5.41) is 0. The van der Waals surface area contributed by atoms with Crippen molar-refractivity contribution in [1.29, 1.82) is 0 Å². The summed E-state index contributed by atoms with van der Waals surface area (Å²) in [4.78, 5) is 4.73. The van der Waals surface area contributed by atoms with Crippen molar-refractivity contribution >= 4 is 0 Å². The van der Waals surface area contributed by atoms with Gasteiger partial charge in [-0.2, -0.15) is 0 Å². The summed E-state index contributed by atoms with van der Waals surface area (Å²) < 4.78 is 35.0. The fraction of sp³-hybridized carbons (Fsp3) is 1.00. The molecule has 8 nitrogen and oxygen atoms in total. The van der Waals surface area contributed by atoms with E-state index < -0.39 is 11.9 Å². The molecule has 0 amide bonds. The van der Waals surface area contributed by atoms with Crippen LogP contribution in [0.25, 0.3) is 0 Å². The lowest BCUT2D eigenvalue weighted by Crippen LogP contribution is -2.42. The first-order chi connectivity index (χ1) is 18.4. The van der Waals surface area contributed by atoms with Gasteiger partial charge in [0.2, 0.25) is 0 Å². The number of unbranched alkanes of at least 4 members (excludes halogenated alkanes) is 7. The van der Waals surface area contributed by atoms with Crippen molar-refractivity contribution in [3.8, 4) is 0 Å². The van der Waals surface area contributed by atoms with E-state index in [4.69, 9.17) is 28.4 Å². The first-order valence-electron chi connectivity index (χ1n) is 15.6. The lowest BCUT2D eigenvalue weighted by molar-refractivity contribution is -0.380. The average molecular weight is 549 g/mol. The second-order valence-corrected chi connectivity index (χ2v) is 9.90. The van der Waals surface area contributed by atoms with Gasteiger partial charge in [-0.05, 0) is 81.6 Å². The zero-order chi connectivity index (χ0) is 28.5. The summed E-state index contributed by atoms with van der Waals surface area (Å²) in [6, 6.07) is 0. The van der Waals surface area contributed by atoms with Gasteiger partial charge in [0.25, 0.3) is 11.9 Å². The highest BCUT2D eigenvalue weighted by Gasteiger charge is 2.33. The molecule has 0 spiro atoms. The first kappa shape index (κ1) is 37.7. The highest BCUT2D eigenvalue weighted by molar-refractivity contribution is 4.64. The molecule has 0 fully saturated rings. The maximum atomic E-state index is 5.83. The Labute approximate surface area is 236 Å². The lowest BCUT2D eigenvalue weighted by atomic mass is 10.1. The molecule has 0 unspecified atom stereocenters. The zero-order valence-corrected chi connectivity index (χ0v) is 26.5. The molecule has 0 radical (unpaired) electrons. The fourth-order valence-electron chi connectivity index (χ4n) is 4.71. The van der Waals surface area contributed by atoms with E-state index in [0.29, 0.717) is 39.6 Å². The highest BCUT2D eigenvalue weighted by atomic mass is 16.9. The van der Waals surface area contributed by atoms with Crippen LogP contribution in [0.15, 0.2) is 0 Å². The first-order valence-corrected chi connectivity index (χ1v) is 15.6. The van der Waals surface area contributed by atoms with Crippen molar-refractivity contribution in [1.82, 2.24) is 9.80 Å². The topological polar surface area (TPSA) is 61.9 Å². The predicted octanol–water partition coefficient (Wildman–Crippen LogP) is 6.28. The summed E-state index contributed by atoms with van der Waals surface area (Å²) in [5.74, 6) is -1.80. The molecule has 0 atom stereocenters. The van der Waals surface area contributed by atoms with E-state index in [9.17, 15) is 0 Å². The maximum Gasteiger partial charge on any atom is 0.284 e. The SMILES string of the molecule is CCOC(CCN(C)CCCCCCCCCCN(C)CCC(OCC)(OCC)OCC)(OCC)OCC. The largest absolute Gasteiger partial charge is 0.328 e. The zero-order valence-electron chi connectivity index (χ0n) is 26.5. The summed E-state index contributed by atoms with van der Waals surface area (Å²) in [6.45, 7) is 19.4. The third-order valence-corrected chi connectivity index (χ3v) is 6.61. The second-order valence-electron chi connectivity index (χ2n) is 9.90. The van der Waals surface area contributed by atoms with Crippen LogP contribution in [0.5, 0.6) is 0 Å². The Hall–Kier alpha value is -0.320. The molecule has 38 heavy (non-hydrogen) atoms. The minimum absolute atomic E-state index is 0.582. The van der Waals surface area contributed by atoms with Crippen molar-refractivity contribution in [2.24, 2.45) is 0 Å². The Morgan fingerprint density at radius 1 is 0.368 bits per heavy atom. The Bertz CT molecular complexity index is 433.